The monoisotopic (exact) mass is 368 g/mol. The van der Waals surface area contributed by atoms with Crippen molar-refractivity contribution in [2.45, 2.75) is 4.90 Å². The number of carbonyl (C=O) groups is 2. The van der Waals surface area contributed by atoms with E-state index in [-0.39, 0.29) is 21.4 Å². The number of sulfonamides is 1. The first-order valence-electron chi connectivity index (χ1n) is 6.76. The zero-order chi connectivity index (χ0) is 17.9. The molecule has 24 heavy (non-hydrogen) atoms. The number of thiophene rings is 1. The molecular weight excluding hydrogens is 352 g/mol. The van der Waals surface area contributed by atoms with Gasteiger partial charge in [-0.15, -0.1) is 11.3 Å². The summed E-state index contributed by atoms with van der Waals surface area (Å²) in [6.45, 7) is 0. The molecule has 1 N–H and O–H groups in total. The SMILES string of the molecule is COC(=O)c1sccc1S(=O)(=O)Nc1cccc(C(=O)N(C)C)c1. The Kier molecular flexibility index (Phi) is 5.25. The molecule has 1 aromatic carbocycles. The molecule has 128 valence electrons. The van der Waals surface area contributed by atoms with Crippen LogP contribution in [-0.4, -0.2) is 46.4 Å². The van der Waals surface area contributed by atoms with Gasteiger partial charge in [0.2, 0.25) is 0 Å². The minimum atomic E-state index is -3.98. The Morgan fingerprint density at radius 3 is 2.54 bits per heavy atom. The van der Waals surface area contributed by atoms with Gasteiger partial charge in [0, 0.05) is 25.3 Å². The average molecular weight is 368 g/mol. The highest BCUT2D eigenvalue weighted by Gasteiger charge is 2.25. The Balaban J connectivity index is 2.34. The Hall–Kier alpha value is -2.39. The van der Waals surface area contributed by atoms with Crippen LogP contribution in [0.2, 0.25) is 0 Å². The molecule has 0 fully saturated rings. The predicted molar refractivity (Wildman–Crippen MR) is 90.9 cm³/mol. The lowest BCUT2D eigenvalue weighted by molar-refractivity contribution is 0.0602. The van der Waals surface area contributed by atoms with Gasteiger partial charge in [-0.3, -0.25) is 9.52 Å². The lowest BCUT2D eigenvalue weighted by Gasteiger charge is -2.12. The summed E-state index contributed by atoms with van der Waals surface area (Å²) < 4.78 is 32.0. The van der Waals surface area contributed by atoms with E-state index in [0.717, 1.165) is 11.3 Å². The third kappa shape index (κ3) is 3.74. The number of rotatable bonds is 5. The lowest BCUT2D eigenvalue weighted by atomic mass is 10.2. The van der Waals surface area contributed by atoms with E-state index >= 15 is 0 Å². The van der Waals surface area contributed by atoms with Crippen molar-refractivity contribution in [3.05, 3.63) is 46.2 Å². The highest BCUT2D eigenvalue weighted by Crippen LogP contribution is 2.25. The zero-order valence-corrected chi connectivity index (χ0v) is 14.9. The third-order valence-corrected chi connectivity index (χ3v) is 5.50. The number of anilines is 1. The molecule has 7 nitrogen and oxygen atoms in total. The van der Waals surface area contributed by atoms with Gasteiger partial charge in [0.15, 0.2) is 0 Å². The summed E-state index contributed by atoms with van der Waals surface area (Å²) in [6.07, 6.45) is 0. The molecule has 0 unspecified atom stereocenters. The van der Waals surface area contributed by atoms with Gasteiger partial charge >= 0.3 is 5.97 Å². The molecule has 0 aliphatic rings. The smallest absolute Gasteiger partial charge is 0.349 e. The Morgan fingerprint density at radius 1 is 1.21 bits per heavy atom. The number of amides is 1. The van der Waals surface area contributed by atoms with Crippen molar-refractivity contribution in [1.82, 2.24) is 4.90 Å². The van der Waals surface area contributed by atoms with Gasteiger partial charge in [-0.25, -0.2) is 13.2 Å². The van der Waals surface area contributed by atoms with E-state index < -0.39 is 16.0 Å². The molecule has 0 spiro atoms. The van der Waals surface area contributed by atoms with Crippen LogP contribution in [0.1, 0.15) is 20.0 Å². The van der Waals surface area contributed by atoms with Gasteiger partial charge in [-0.2, -0.15) is 0 Å². The van der Waals surface area contributed by atoms with Crippen molar-refractivity contribution >= 4 is 38.9 Å². The van der Waals surface area contributed by atoms with Crippen LogP contribution in [0.4, 0.5) is 5.69 Å². The second-order valence-electron chi connectivity index (χ2n) is 4.99. The van der Waals surface area contributed by atoms with E-state index in [9.17, 15) is 18.0 Å². The first-order valence-corrected chi connectivity index (χ1v) is 9.13. The van der Waals surface area contributed by atoms with E-state index in [4.69, 9.17) is 0 Å². The molecule has 2 aromatic rings. The van der Waals surface area contributed by atoms with Crippen LogP contribution in [0.25, 0.3) is 0 Å². The summed E-state index contributed by atoms with van der Waals surface area (Å²) in [5.41, 5.74) is 0.573. The number of nitrogens with zero attached hydrogens (tertiary/aromatic N) is 1. The zero-order valence-electron chi connectivity index (χ0n) is 13.3. The molecule has 0 saturated carbocycles. The maximum Gasteiger partial charge on any atom is 0.349 e. The van der Waals surface area contributed by atoms with Gasteiger partial charge in [0.25, 0.3) is 15.9 Å². The molecule has 9 heteroatoms. The molecule has 0 aliphatic carbocycles. The van der Waals surface area contributed by atoms with Gasteiger partial charge in [0.05, 0.1) is 7.11 Å². The molecule has 1 aromatic heterocycles. The molecule has 1 amide bonds. The number of methoxy groups -OCH3 is 1. The van der Waals surface area contributed by atoms with Crippen LogP contribution in [-0.2, 0) is 14.8 Å². The van der Waals surface area contributed by atoms with Crippen molar-refractivity contribution in [3.63, 3.8) is 0 Å². The fourth-order valence-electron chi connectivity index (χ4n) is 1.93. The van der Waals surface area contributed by atoms with Gasteiger partial charge in [0.1, 0.15) is 9.77 Å². The van der Waals surface area contributed by atoms with Crippen LogP contribution < -0.4 is 4.72 Å². The number of ether oxygens (including phenoxy) is 1. The van der Waals surface area contributed by atoms with Crippen molar-refractivity contribution in [2.75, 3.05) is 25.9 Å². The Labute approximate surface area is 143 Å². The molecule has 0 atom stereocenters. The molecule has 0 aliphatic heterocycles. The molecule has 1 heterocycles. The van der Waals surface area contributed by atoms with Crippen molar-refractivity contribution < 1.29 is 22.7 Å². The number of esters is 1. The first-order chi connectivity index (χ1) is 11.3. The summed E-state index contributed by atoms with van der Waals surface area (Å²) in [5, 5.41) is 1.49. The van der Waals surface area contributed by atoms with Gasteiger partial charge < -0.3 is 9.64 Å². The van der Waals surface area contributed by atoms with Crippen LogP contribution >= 0.6 is 11.3 Å². The molecule has 2 rings (SSSR count). The number of hydrogen-bond donors (Lipinski definition) is 1. The van der Waals surface area contributed by atoms with E-state index in [0.29, 0.717) is 5.56 Å². The quantitative estimate of drug-likeness (QED) is 0.815. The topological polar surface area (TPSA) is 92.8 Å². The lowest BCUT2D eigenvalue weighted by Crippen LogP contribution is -2.22. The predicted octanol–water partition coefficient (Wildman–Crippen LogP) is 2.04. The standard InChI is InChI=1S/C15H16N2O5S2/c1-17(2)14(18)10-5-4-6-11(9-10)16-24(20,21)12-7-8-23-13(12)15(19)22-3/h4-9,16H,1-3H3. The maximum atomic E-state index is 12.5. The normalized spacial score (nSPS) is 11.0. The summed E-state index contributed by atoms with van der Waals surface area (Å²) in [4.78, 5) is 24.8. The summed E-state index contributed by atoms with van der Waals surface area (Å²) in [7, 11) is 0.408. The number of nitrogens with one attached hydrogen (secondary N) is 1. The summed E-state index contributed by atoms with van der Waals surface area (Å²) >= 11 is 0.977. The van der Waals surface area contributed by atoms with Crippen molar-refractivity contribution in [2.24, 2.45) is 0 Å². The fraction of sp³-hybridized carbons (Fsp3) is 0.200. The minimum absolute atomic E-state index is 0.00878. The molecule has 0 radical (unpaired) electrons. The van der Waals surface area contributed by atoms with Crippen molar-refractivity contribution in [3.8, 4) is 0 Å². The molecule has 0 bridgehead atoms. The van der Waals surface area contributed by atoms with E-state index in [2.05, 4.69) is 9.46 Å². The summed E-state index contributed by atoms with van der Waals surface area (Å²) in [5.74, 6) is -0.969. The number of carbonyl (C=O) groups excluding carboxylic acids is 2. The van der Waals surface area contributed by atoms with Crippen LogP contribution in [0, 0.1) is 0 Å². The number of benzene rings is 1. The maximum absolute atomic E-state index is 12.5. The van der Waals surface area contributed by atoms with Crippen molar-refractivity contribution in [1.29, 1.82) is 0 Å². The Bertz CT molecular complexity index is 871. The highest BCUT2D eigenvalue weighted by molar-refractivity contribution is 7.93. The molecule has 0 saturated heterocycles. The Morgan fingerprint density at radius 2 is 1.92 bits per heavy atom. The highest BCUT2D eigenvalue weighted by atomic mass is 32.2. The van der Waals surface area contributed by atoms with Gasteiger partial charge in [-0.1, -0.05) is 6.07 Å². The van der Waals surface area contributed by atoms with Crippen LogP contribution in [0.5, 0.6) is 0 Å². The van der Waals surface area contributed by atoms with Gasteiger partial charge in [-0.05, 0) is 29.6 Å². The van der Waals surface area contributed by atoms with E-state index in [1.54, 1.807) is 26.2 Å². The van der Waals surface area contributed by atoms with E-state index in [1.165, 1.54) is 35.6 Å². The largest absolute Gasteiger partial charge is 0.465 e. The van der Waals surface area contributed by atoms with Crippen LogP contribution in [0.3, 0.4) is 0 Å². The second-order valence-corrected chi connectivity index (χ2v) is 7.56. The fourth-order valence-corrected chi connectivity index (χ4v) is 4.32. The first kappa shape index (κ1) is 18.0. The van der Waals surface area contributed by atoms with E-state index in [1.807, 2.05) is 0 Å². The number of hydrogen-bond acceptors (Lipinski definition) is 6. The minimum Gasteiger partial charge on any atom is -0.465 e. The average Bonchev–Trinajstić information content (AvgIpc) is 3.03. The third-order valence-electron chi connectivity index (χ3n) is 3.06. The molecular formula is C15H16N2O5S2. The summed E-state index contributed by atoms with van der Waals surface area (Å²) in [6, 6.07) is 7.44. The second kappa shape index (κ2) is 7.02. The van der Waals surface area contributed by atoms with Crippen LogP contribution in [0.15, 0.2) is 40.6 Å².